The summed E-state index contributed by atoms with van der Waals surface area (Å²) in [5.74, 6) is -1.15. The number of aromatic carboxylic acids is 1. The van der Waals surface area contributed by atoms with Crippen LogP contribution >= 0.6 is 11.3 Å². The Kier molecular flexibility index (Phi) is 5.04. The van der Waals surface area contributed by atoms with Crippen LogP contribution in [0.5, 0.6) is 0 Å². The van der Waals surface area contributed by atoms with E-state index in [1.165, 1.54) is 11.3 Å². The molecule has 0 spiro atoms. The molecule has 1 aromatic heterocycles. The second kappa shape index (κ2) is 5.71. The normalized spacial score (nSPS) is 15.5. The van der Waals surface area contributed by atoms with Crippen LogP contribution in [0.1, 0.15) is 34.6 Å². The summed E-state index contributed by atoms with van der Waals surface area (Å²) in [5.41, 5.74) is 6.84. The molecular formula is C11H15N2NaO2S. The average Bonchev–Trinajstić information content (AvgIpc) is 2.51. The number of carboxylic acids is 1. The number of rotatable bonds is 2. The van der Waals surface area contributed by atoms with Crippen LogP contribution in [0.25, 0.3) is 0 Å². The summed E-state index contributed by atoms with van der Waals surface area (Å²) in [6.45, 7) is 5.97. The first-order valence-electron chi connectivity index (χ1n) is 5.36. The van der Waals surface area contributed by atoms with E-state index in [4.69, 9.17) is 5.73 Å². The Balaban J connectivity index is 0.00000144. The van der Waals surface area contributed by atoms with E-state index in [0.29, 0.717) is 11.0 Å². The van der Waals surface area contributed by atoms with Gasteiger partial charge in [-0.3, -0.25) is 4.90 Å². The predicted molar refractivity (Wildman–Crippen MR) is 62.3 cm³/mol. The van der Waals surface area contributed by atoms with Gasteiger partial charge in [-0.1, -0.05) is 0 Å². The van der Waals surface area contributed by atoms with Crippen LogP contribution in [0.4, 0.5) is 5.00 Å². The first kappa shape index (κ1) is 15.0. The number of hydrogen-bond acceptors (Lipinski definition) is 5. The van der Waals surface area contributed by atoms with Gasteiger partial charge in [0.2, 0.25) is 0 Å². The van der Waals surface area contributed by atoms with Gasteiger partial charge in [0.05, 0.1) is 11.0 Å². The monoisotopic (exact) mass is 262 g/mol. The molecule has 2 N–H and O–H groups in total. The van der Waals surface area contributed by atoms with Gasteiger partial charge in [-0.2, -0.15) is 0 Å². The van der Waals surface area contributed by atoms with Crippen molar-refractivity contribution in [3.8, 4) is 0 Å². The number of hydrogen-bond donors (Lipinski definition) is 1. The topological polar surface area (TPSA) is 69.4 Å². The number of carbonyl (C=O) groups is 1. The molecule has 6 heteroatoms. The first-order valence-corrected chi connectivity index (χ1v) is 6.17. The largest absolute Gasteiger partial charge is 1.00 e. The minimum absolute atomic E-state index is 0. The summed E-state index contributed by atoms with van der Waals surface area (Å²) in [6.07, 6.45) is 0.754. The Bertz CT molecular complexity index is 431. The zero-order valence-corrected chi connectivity index (χ0v) is 13.3. The van der Waals surface area contributed by atoms with Gasteiger partial charge in [0.15, 0.2) is 0 Å². The fourth-order valence-corrected chi connectivity index (χ4v) is 3.24. The molecule has 0 fully saturated rings. The molecule has 1 aliphatic rings. The number of carbonyl (C=O) groups excluding carboxylic acids is 1. The maximum Gasteiger partial charge on any atom is 1.00 e. The zero-order valence-electron chi connectivity index (χ0n) is 10.4. The maximum atomic E-state index is 11.0. The van der Waals surface area contributed by atoms with Crippen LogP contribution < -0.4 is 40.4 Å². The third-order valence-electron chi connectivity index (χ3n) is 3.05. The van der Waals surface area contributed by atoms with Gasteiger partial charge in [-0.05, 0) is 25.8 Å². The van der Waals surface area contributed by atoms with Crippen molar-refractivity contribution in [2.75, 3.05) is 12.3 Å². The standard InChI is InChI=1S/C11H16N2O2S.Na/c1-6(2)13-4-3-7-8(5-13)16-10(12)9(7)11(14)15;/h6H,3-5,12H2,1-2H3,(H,14,15);/q;+1/p-1. The molecule has 0 aromatic carbocycles. The molecule has 0 saturated heterocycles. The summed E-state index contributed by atoms with van der Waals surface area (Å²) in [7, 11) is 0. The second-order valence-corrected chi connectivity index (χ2v) is 5.48. The molecule has 2 rings (SSSR count). The van der Waals surface area contributed by atoms with E-state index in [-0.39, 0.29) is 35.1 Å². The predicted octanol–water partition coefficient (Wildman–Crippen LogP) is -2.54. The van der Waals surface area contributed by atoms with E-state index in [1.807, 2.05) is 0 Å². The first-order chi connectivity index (χ1) is 7.50. The van der Waals surface area contributed by atoms with Crippen LogP contribution in [0.3, 0.4) is 0 Å². The van der Waals surface area contributed by atoms with E-state index in [9.17, 15) is 9.90 Å². The van der Waals surface area contributed by atoms with Crippen molar-refractivity contribution in [1.29, 1.82) is 0 Å². The molecule has 2 heterocycles. The Morgan fingerprint density at radius 1 is 1.53 bits per heavy atom. The minimum Gasteiger partial charge on any atom is -0.545 e. The van der Waals surface area contributed by atoms with Crippen LogP contribution in [0.15, 0.2) is 0 Å². The Hall–Kier alpha value is -0.0700. The molecule has 0 bridgehead atoms. The van der Waals surface area contributed by atoms with E-state index in [2.05, 4.69) is 18.7 Å². The quantitative estimate of drug-likeness (QED) is 0.597. The third-order valence-corrected chi connectivity index (χ3v) is 4.09. The molecule has 1 aliphatic heterocycles. The molecule has 0 aliphatic carbocycles. The number of thiophene rings is 1. The van der Waals surface area contributed by atoms with Crippen molar-refractivity contribution < 1.29 is 39.5 Å². The van der Waals surface area contributed by atoms with Gasteiger partial charge in [0, 0.05) is 29.6 Å². The van der Waals surface area contributed by atoms with Gasteiger partial charge >= 0.3 is 29.6 Å². The van der Waals surface area contributed by atoms with Crippen LogP contribution in [-0.2, 0) is 13.0 Å². The summed E-state index contributed by atoms with van der Waals surface area (Å²) >= 11 is 1.38. The summed E-state index contributed by atoms with van der Waals surface area (Å²) in [6, 6.07) is 0.475. The number of nitrogen functional groups attached to an aromatic ring is 1. The van der Waals surface area contributed by atoms with Crippen molar-refractivity contribution in [2.45, 2.75) is 32.9 Å². The second-order valence-electron chi connectivity index (χ2n) is 4.34. The van der Waals surface area contributed by atoms with Gasteiger partial charge in [-0.15, -0.1) is 11.3 Å². The Morgan fingerprint density at radius 3 is 2.71 bits per heavy atom. The maximum absolute atomic E-state index is 11.0. The zero-order chi connectivity index (χ0) is 11.9. The molecule has 1 aromatic rings. The summed E-state index contributed by atoms with van der Waals surface area (Å²) in [4.78, 5) is 14.4. The van der Waals surface area contributed by atoms with Crippen molar-refractivity contribution in [2.24, 2.45) is 0 Å². The summed E-state index contributed by atoms with van der Waals surface area (Å²) < 4.78 is 0. The number of fused-ring (bicyclic) bond motifs is 1. The van der Waals surface area contributed by atoms with E-state index >= 15 is 0 Å². The molecule has 17 heavy (non-hydrogen) atoms. The molecule has 0 amide bonds. The van der Waals surface area contributed by atoms with Crippen LogP contribution in [-0.4, -0.2) is 23.5 Å². The Labute approximate surface area is 127 Å². The van der Waals surface area contributed by atoms with Gasteiger partial charge in [-0.25, -0.2) is 0 Å². The van der Waals surface area contributed by atoms with Crippen molar-refractivity contribution >= 4 is 22.3 Å². The smallest absolute Gasteiger partial charge is 0.545 e. The number of nitrogens with zero attached hydrogens (tertiary/aromatic N) is 1. The third kappa shape index (κ3) is 2.85. The minimum atomic E-state index is -1.15. The SMILES string of the molecule is CC(C)N1CCc2c(sc(N)c2C(=O)[O-])C1.[Na+]. The summed E-state index contributed by atoms with van der Waals surface area (Å²) in [5, 5.41) is 11.4. The van der Waals surface area contributed by atoms with Gasteiger partial charge in [0.25, 0.3) is 0 Å². The van der Waals surface area contributed by atoms with Crippen molar-refractivity contribution in [3.63, 3.8) is 0 Å². The van der Waals surface area contributed by atoms with Gasteiger partial charge in [0.1, 0.15) is 0 Å². The van der Waals surface area contributed by atoms with E-state index in [0.717, 1.165) is 30.0 Å². The molecule has 4 nitrogen and oxygen atoms in total. The molecule has 0 atom stereocenters. The van der Waals surface area contributed by atoms with Crippen molar-refractivity contribution in [3.05, 3.63) is 16.0 Å². The number of carboxylic acid groups (broad SMARTS) is 1. The van der Waals surface area contributed by atoms with E-state index < -0.39 is 5.97 Å². The van der Waals surface area contributed by atoms with E-state index in [1.54, 1.807) is 0 Å². The van der Waals surface area contributed by atoms with Crippen LogP contribution in [0, 0.1) is 0 Å². The van der Waals surface area contributed by atoms with Gasteiger partial charge < -0.3 is 15.6 Å². The fraction of sp³-hybridized carbons (Fsp3) is 0.545. The Morgan fingerprint density at radius 2 is 2.18 bits per heavy atom. The number of anilines is 1. The molecule has 0 saturated carbocycles. The fourth-order valence-electron chi connectivity index (χ4n) is 2.11. The molecule has 88 valence electrons. The molecule has 0 radical (unpaired) electrons. The van der Waals surface area contributed by atoms with Crippen molar-refractivity contribution in [1.82, 2.24) is 4.90 Å². The van der Waals surface area contributed by atoms with Crippen LogP contribution in [0.2, 0.25) is 0 Å². The molecule has 0 unspecified atom stereocenters. The average molecular weight is 262 g/mol. The number of nitrogens with two attached hydrogens (primary N) is 1. The molecular weight excluding hydrogens is 247 g/mol.